The first kappa shape index (κ1) is 12.4. The Kier molecular flexibility index (Phi) is 3.82. The first-order chi connectivity index (χ1) is 8.70. The molecule has 0 saturated carbocycles. The van der Waals surface area contributed by atoms with Crippen molar-refractivity contribution >= 4 is 11.5 Å². The van der Waals surface area contributed by atoms with Crippen molar-refractivity contribution in [2.75, 3.05) is 11.9 Å². The number of nitrogens with zero attached hydrogens (tertiary/aromatic N) is 1. The number of benzene rings is 1. The highest BCUT2D eigenvalue weighted by atomic mass is 16.3. The number of hydrogen-bond donors (Lipinski definition) is 0. The van der Waals surface area contributed by atoms with Crippen LogP contribution < -0.4 is 4.90 Å². The molecular formula is C15H17NO2. The number of carbonyl (C=O) groups is 1. The fraction of sp³-hybridized carbons (Fsp3) is 0.267. The molecule has 0 amide bonds. The van der Waals surface area contributed by atoms with Crippen molar-refractivity contribution < 1.29 is 9.21 Å². The molecule has 3 heteroatoms. The van der Waals surface area contributed by atoms with Crippen LogP contribution in [-0.2, 0) is 6.54 Å². The summed E-state index contributed by atoms with van der Waals surface area (Å²) in [7, 11) is 2.02. The number of hydrogen-bond acceptors (Lipinski definition) is 3. The lowest BCUT2D eigenvalue weighted by molar-refractivity contribution is 0.0988. The van der Waals surface area contributed by atoms with Crippen molar-refractivity contribution in [3.8, 4) is 0 Å². The summed E-state index contributed by atoms with van der Waals surface area (Å²) in [6, 6.07) is 9.66. The van der Waals surface area contributed by atoms with E-state index >= 15 is 0 Å². The minimum atomic E-state index is 0.180. The molecule has 18 heavy (non-hydrogen) atoms. The van der Waals surface area contributed by atoms with Gasteiger partial charge in [0, 0.05) is 36.8 Å². The highest BCUT2D eigenvalue weighted by molar-refractivity contribution is 5.96. The number of ketones is 1. The Morgan fingerprint density at radius 1 is 1.22 bits per heavy atom. The zero-order valence-electron chi connectivity index (χ0n) is 10.7. The highest BCUT2D eigenvalue weighted by Crippen LogP contribution is 2.17. The summed E-state index contributed by atoms with van der Waals surface area (Å²) >= 11 is 0. The van der Waals surface area contributed by atoms with Crippen LogP contribution in [0.4, 0.5) is 5.69 Å². The maximum Gasteiger partial charge on any atom is 0.162 e. The van der Waals surface area contributed by atoms with E-state index in [1.165, 1.54) is 0 Å². The Hall–Kier alpha value is -2.03. The van der Waals surface area contributed by atoms with Crippen molar-refractivity contribution in [2.45, 2.75) is 19.9 Å². The molecule has 0 aliphatic heterocycles. The molecule has 94 valence electrons. The summed E-state index contributed by atoms with van der Waals surface area (Å²) in [5, 5.41) is 0. The second-order valence-corrected chi connectivity index (χ2v) is 4.31. The monoisotopic (exact) mass is 243 g/mol. The van der Waals surface area contributed by atoms with E-state index in [2.05, 4.69) is 4.90 Å². The number of furan rings is 1. The van der Waals surface area contributed by atoms with Crippen LogP contribution in [0.5, 0.6) is 0 Å². The van der Waals surface area contributed by atoms with Crippen molar-refractivity contribution in [3.05, 3.63) is 54.0 Å². The summed E-state index contributed by atoms with van der Waals surface area (Å²) in [5.41, 5.74) is 2.99. The number of rotatable bonds is 5. The summed E-state index contributed by atoms with van der Waals surface area (Å²) in [4.78, 5) is 13.6. The van der Waals surface area contributed by atoms with Gasteiger partial charge in [0.25, 0.3) is 0 Å². The first-order valence-electron chi connectivity index (χ1n) is 6.06. The molecule has 0 atom stereocenters. The van der Waals surface area contributed by atoms with Gasteiger partial charge in [0.05, 0.1) is 12.5 Å². The van der Waals surface area contributed by atoms with E-state index in [9.17, 15) is 4.79 Å². The smallest absolute Gasteiger partial charge is 0.162 e. The molecule has 0 aliphatic carbocycles. The van der Waals surface area contributed by atoms with Crippen molar-refractivity contribution in [3.63, 3.8) is 0 Å². The number of carbonyl (C=O) groups excluding carboxylic acids is 1. The van der Waals surface area contributed by atoms with Gasteiger partial charge in [-0.3, -0.25) is 4.79 Å². The van der Waals surface area contributed by atoms with Gasteiger partial charge in [-0.05, 0) is 30.3 Å². The van der Waals surface area contributed by atoms with E-state index in [0.717, 1.165) is 23.4 Å². The predicted molar refractivity (Wildman–Crippen MR) is 71.9 cm³/mol. The van der Waals surface area contributed by atoms with Crippen LogP contribution in [-0.4, -0.2) is 12.8 Å². The van der Waals surface area contributed by atoms with Crippen LogP contribution in [0.2, 0.25) is 0 Å². The molecule has 1 aromatic heterocycles. The standard InChI is InChI=1S/C15H17NO2/c1-3-15(17)13-4-6-14(7-5-13)16(2)10-12-8-9-18-11-12/h4-9,11H,3,10H2,1-2H3. The zero-order chi connectivity index (χ0) is 13.0. The third-order valence-electron chi connectivity index (χ3n) is 2.95. The lowest BCUT2D eigenvalue weighted by atomic mass is 10.1. The molecular weight excluding hydrogens is 226 g/mol. The number of Topliss-reactive ketones (excluding diaryl/α,β-unsaturated/α-hetero) is 1. The van der Waals surface area contributed by atoms with Gasteiger partial charge in [-0.1, -0.05) is 6.92 Å². The van der Waals surface area contributed by atoms with Gasteiger partial charge in [0.2, 0.25) is 0 Å². The Morgan fingerprint density at radius 3 is 2.50 bits per heavy atom. The second-order valence-electron chi connectivity index (χ2n) is 4.31. The van der Waals surface area contributed by atoms with Crippen molar-refractivity contribution in [1.29, 1.82) is 0 Å². The Bertz CT molecular complexity index is 500. The molecule has 2 rings (SSSR count). The minimum Gasteiger partial charge on any atom is -0.472 e. The average Bonchev–Trinajstić information content (AvgIpc) is 2.91. The van der Waals surface area contributed by atoms with Gasteiger partial charge in [-0.2, -0.15) is 0 Å². The summed E-state index contributed by atoms with van der Waals surface area (Å²) in [6.07, 6.45) is 3.96. The maximum atomic E-state index is 11.5. The summed E-state index contributed by atoms with van der Waals surface area (Å²) < 4.78 is 5.05. The summed E-state index contributed by atoms with van der Waals surface area (Å²) in [6.45, 7) is 2.67. The first-order valence-corrected chi connectivity index (χ1v) is 6.06. The van der Waals surface area contributed by atoms with Gasteiger partial charge in [0.15, 0.2) is 5.78 Å². The lowest BCUT2D eigenvalue weighted by Gasteiger charge is -2.18. The Balaban J connectivity index is 2.07. The molecule has 0 saturated heterocycles. The van der Waals surface area contributed by atoms with Crippen LogP contribution in [0.25, 0.3) is 0 Å². The third kappa shape index (κ3) is 2.80. The fourth-order valence-corrected chi connectivity index (χ4v) is 1.85. The molecule has 3 nitrogen and oxygen atoms in total. The summed E-state index contributed by atoms with van der Waals surface area (Å²) in [5.74, 6) is 0.180. The molecule has 0 radical (unpaired) electrons. The molecule has 0 spiro atoms. The van der Waals surface area contributed by atoms with E-state index in [1.54, 1.807) is 12.5 Å². The molecule has 0 unspecified atom stereocenters. The fourth-order valence-electron chi connectivity index (χ4n) is 1.85. The van der Waals surface area contributed by atoms with Crippen LogP contribution in [0.3, 0.4) is 0 Å². The molecule has 0 fully saturated rings. The third-order valence-corrected chi connectivity index (χ3v) is 2.95. The molecule has 0 aliphatic rings. The average molecular weight is 243 g/mol. The van der Waals surface area contributed by atoms with Crippen molar-refractivity contribution in [2.24, 2.45) is 0 Å². The van der Waals surface area contributed by atoms with E-state index < -0.39 is 0 Å². The van der Waals surface area contributed by atoms with Crippen LogP contribution in [0.15, 0.2) is 47.3 Å². The largest absolute Gasteiger partial charge is 0.472 e. The predicted octanol–water partition coefficient (Wildman–Crippen LogP) is 3.51. The lowest BCUT2D eigenvalue weighted by Crippen LogP contribution is -2.15. The van der Waals surface area contributed by atoms with Crippen molar-refractivity contribution in [1.82, 2.24) is 0 Å². The molecule has 0 N–H and O–H groups in total. The molecule has 1 aromatic carbocycles. The minimum absolute atomic E-state index is 0.180. The number of anilines is 1. The van der Waals surface area contributed by atoms with Crippen LogP contribution in [0.1, 0.15) is 29.3 Å². The van der Waals surface area contributed by atoms with Gasteiger partial charge in [-0.25, -0.2) is 0 Å². The molecule has 1 heterocycles. The van der Waals surface area contributed by atoms with Gasteiger partial charge >= 0.3 is 0 Å². The van der Waals surface area contributed by atoms with Gasteiger partial charge in [0.1, 0.15) is 0 Å². The maximum absolute atomic E-state index is 11.5. The molecule has 0 bridgehead atoms. The van der Waals surface area contributed by atoms with E-state index in [1.807, 2.05) is 44.3 Å². The Labute approximate surface area is 107 Å². The quantitative estimate of drug-likeness (QED) is 0.753. The van der Waals surface area contributed by atoms with E-state index in [4.69, 9.17) is 4.42 Å². The highest BCUT2D eigenvalue weighted by Gasteiger charge is 2.06. The van der Waals surface area contributed by atoms with Gasteiger partial charge in [-0.15, -0.1) is 0 Å². The van der Waals surface area contributed by atoms with Crippen LogP contribution in [0, 0.1) is 0 Å². The van der Waals surface area contributed by atoms with Crippen LogP contribution >= 0.6 is 0 Å². The zero-order valence-corrected chi connectivity index (χ0v) is 10.7. The molecule has 2 aromatic rings. The Morgan fingerprint density at radius 2 is 1.94 bits per heavy atom. The second kappa shape index (κ2) is 5.54. The SMILES string of the molecule is CCC(=O)c1ccc(N(C)Cc2ccoc2)cc1. The van der Waals surface area contributed by atoms with E-state index in [0.29, 0.717) is 6.42 Å². The van der Waals surface area contributed by atoms with E-state index in [-0.39, 0.29) is 5.78 Å². The topological polar surface area (TPSA) is 33.5 Å². The normalized spacial score (nSPS) is 10.3. The van der Waals surface area contributed by atoms with Gasteiger partial charge < -0.3 is 9.32 Å².